The SMILES string of the molecule is CCCCCCCCCCCCOc1ccc(C(=O)c2ccccc2C(=O)[O-])c(O)c1.CCCCCCCCOc1ccc(C(=O)c2ccccc2C(=O)[O-])c(O)c1.COc1ccc(C(=O)c2c(O)cc(OC)cc2C(=O)[O-])c(O)c1.COc1ccc(C(=O)c2c(O)cccc2C(=O)[O-])c(O)c1.COc1ccc(C(=O)c2ccccc2C(=O)[O-])c(O)c1.O=C([O-])c1ccccc1C(=O)c1ccc(O)cc1O.[Na+].[Na+].[Na+].[Na+].[Na+].[Na+]. The van der Waals surface area contributed by atoms with E-state index in [-0.39, 0.29) is 290 Å². The molecule has 0 saturated carbocycles. The zero-order valence-electron chi connectivity index (χ0n) is 83.6. The minimum Gasteiger partial charge on any atom is -0.545 e. The first-order chi connectivity index (χ1) is 67.5. The maximum atomic E-state index is 12.7. The predicted molar refractivity (Wildman–Crippen MR) is 501 cm³/mol. The van der Waals surface area contributed by atoms with Gasteiger partial charge in [-0.1, -0.05) is 213 Å². The van der Waals surface area contributed by atoms with Gasteiger partial charge in [0.25, 0.3) is 0 Å². The Morgan fingerprint density at radius 2 is 0.429 bits per heavy atom. The van der Waals surface area contributed by atoms with Crippen molar-refractivity contribution in [2.75, 3.05) is 41.7 Å². The normalized spacial score (nSPS) is 9.92. The van der Waals surface area contributed by atoms with E-state index in [2.05, 4.69) is 13.8 Å². The number of ether oxygens (including phenoxy) is 6. The Bertz CT molecular complexity index is 6480. The Morgan fingerprint density at radius 3 is 0.694 bits per heavy atom. The fraction of sp³-hybridized carbons (Fsp3) is 0.222. The summed E-state index contributed by atoms with van der Waals surface area (Å²) in [5, 5.41) is 155. The molecule has 12 rings (SSSR count). The van der Waals surface area contributed by atoms with Gasteiger partial charge >= 0.3 is 177 Å². The van der Waals surface area contributed by atoms with E-state index in [1.807, 2.05) is 0 Å². The third-order valence-electron chi connectivity index (χ3n) is 21.4. The standard InChI is InChI=1S/C26H34O5.C22H26O5.C16H14O7.C15H12O6.C15H12O5.C14H10O5.6Na/c1-2-3-4-5-6-7-8-9-10-13-18-31-20-16-17-23(24(27)19-20)25(28)21-14-11-12-15-22(21)26(29)30;1-2-3-4-5-6-9-14-27-16-12-13-19(20(23)15-16)21(24)17-10-7-8-11-18(17)22(25)26;1-22-8-3-4-10(12(17)6-8)15(19)14-11(16(20)21)5-9(23-2)7-13(14)18;1-21-8-5-6-9(12(17)7-8)14(18)13-10(15(19)20)3-2-4-11(13)16;1-20-9-6-7-12(13(16)8-9)14(17)10-4-2-3-5-11(10)15(18)19;15-8-5-6-11(12(16)7-8)13(17)9-3-1-2-4-10(9)14(18)19;;;;;;/h11-12,14-17,19,27H,2-10,13,18H2,1H3,(H,29,30);7-8,10-13,15,23H,2-6,9,14H2,1H3,(H,25,26);3-7,17-18H,1-2H3,(H,20,21);2-7,16-17H,1H3,(H,19,20);2-8,16H,1H3,(H,18,19);1-7,15-16H,(H,18,19);;;;;;/q;;;;;;6*+1/p-6. The van der Waals surface area contributed by atoms with Crippen LogP contribution in [0.25, 0.3) is 0 Å². The molecule has 0 amide bonds. The van der Waals surface area contributed by atoms with Gasteiger partial charge in [-0.25, -0.2) is 0 Å². The van der Waals surface area contributed by atoms with Gasteiger partial charge in [-0.05, 0) is 97.8 Å². The third-order valence-corrected chi connectivity index (χ3v) is 21.4. The van der Waals surface area contributed by atoms with E-state index in [0.29, 0.717) is 42.0 Å². The Hall–Kier alpha value is -11.5. The van der Waals surface area contributed by atoms with Crippen LogP contribution in [-0.2, 0) is 0 Å². The van der Waals surface area contributed by atoms with Crippen LogP contribution in [-0.4, -0.2) is 158 Å². The molecule has 0 heterocycles. The Morgan fingerprint density at radius 1 is 0.204 bits per heavy atom. The Labute approximate surface area is 980 Å². The van der Waals surface area contributed by atoms with E-state index in [1.54, 1.807) is 30.3 Å². The molecule has 0 aliphatic carbocycles. The first-order valence-corrected chi connectivity index (χ1v) is 44.2. The van der Waals surface area contributed by atoms with Crippen LogP contribution in [0, 0.1) is 0 Å². The van der Waals surface area contributed by atoms with E-state index in [9.17, 15) is 129 Å². The number of aromatic carboxylic acids is 6. The van der Waals surface area contributed by atoms with Gasteiger partial charge in [0, 0.05) is 98.1 Å². The molecule has 9 N–H and O–H groups in total. The summed E-state index contributed by atoms with van der Waals surface area (Å²) in [5.74, 6) is -14.3. The molecule has 0 radical (unpaired) electrons. The maximum Gasteiger partial charge on any atom is 1.00 e. The van der Waals surface area contributed by atoms with Gasteiger partial charge in [-0.3, -0.25) is 28.8 Å². The quantitative estimate of drug-likeness (QED) is 0.00977. The number of benzene rings is 12. The zero-order valence-corrected chi connectivity index (χ0v) is 95.6. The van der Waals surface area contributed by atoms with Gasteiger partial charge in [0.1, 0.15) is 86.2 Å². The van der Waals surface area contributed by atoms with Crippen molar-refractivity contribution >= 4 is 70.5 Å². The summed E-state index contributed by atoms with van der Waals surface area (Å²) in [4.78, 5) is 141. The van der Waals surface area contributed by atoms with Gasteiger partial charge in [0.2, 0.25) is 11.6 Å². The number of unbranched alkanes of at least 4 members (excludes halogenated alkanes) is 14. The van der Waals surface area contributed by atoms with Crippen LogP contribution in [0.5, 0.6) is 86.2 Å². The molecule has 0 spiro atoms. The number of carbonyl (C=O) groups excluding carboxylic acids is 12. The van der Waals surface area contributed by atoms with Crippen molar-refractivity contribution in [2.45, 2.75) is 117 Å². The molecule has 0 aliphatic heterocycles. The average molecular weight is 2070 g/mol. The summed E-state index contributed by atoms with van der Waals surface area (Å²) in [7, 11) is 5.50. The topological polar surface area (TPSA) is 581 Å². The van der Waals surface area contributed by atoms with E-state index < -0.39 is 116 Å². The molecule has 12 aromatic rings. The van der Waals surface area contributed by atoms with Gasteiger partial charge in [-0.15, -0.1) is 0 Å². The van der Waals surface area contributed by atoms with E-state index >= 15 is 0 Å². The minimum absolute atomic E-state index is 0. The fourth-order valence-corrected chi connectivity index (χ4v) is 14.0. The minimum atomic E-state index is -1.66. The number of methoxy groups -OCH3 is 4. The second kappa shape index (κ2) is 68.9. The van der Waals surface area contributed by atoms with Gasteiger partial charge < -0.3 is 134 Å². The van der Waals surface area contributed by atoms with Crippen molar-refractivity contribution in [3.63, 3.8) is 0 Å². The molecule has 39 heteroatoms. The maximum absolute atomic E-state index is 12.7. The predicted octanol–water partition coefficient (Wildman–Crippen LogP) is -5.87. The molecule has 0 atom stereocenters. The number of carboxylic acids is 6. The first-order valence-electron chi connectivity index (χ1n) is 44.2. The first kappa shape index (κ1) is 133. The number of ketones is 6. The van der Waals surface area contributed by atoms with E-state index in [1.165, 1.54) is 287 Å². The van der Waals surface area contributed by atoms with Crippen LogP contribution in [0.4, 0.5) is 0 Å². The molecule has 738 valence electrons. The average Bonchev–Trinajstić information content (AvgIpc) is 0.793. The Balaban J connectivity index is 0.000000881. The molecule has 0 fully saturated rings. The summed E-state index contributed by atoms with van der Waals surface area (Å²) in [6.45, 7) is 5.51. The summed E-state index contributed by atoms with van der Waals surface area (Å²) in [5.41, 5.74) is -3.32. The molecule has 0 aliphatic rings. The van der Waals surface area contributed by atoms with Crippen LogP contribution in [0.15, 0.2) is 237 Å². The number of rotatable bonds is 42. The van der Waals surface area contributed by atoms with Crippen LogP contribution < -0.4 is 236 Å². The van der Waals surface area contributed by atoms with E-state index in [0.717, 1.165) is 49.9 Å². The van der Waals surface area contributed by atoms with Crippen molar-refractivity contribution in [2.24, 2.45) is 0 Å². The molecule has 0 unspecified atom stereocenters. The van der Waals surface area contributed by atoms with Crippen LogP contribution in [0.1, 0.15) is 274 Å². The molecular formula is C108H102Na6O33. The number of phenols is 9. The van der Waals surface area contributed by atoms with Crippen molar-refractivity contribution in [1.82, 2.24) is 0 Å². The van der Waals surface area contributed by atoms with Crippen LogP contribution >= 0.6 is 0 Å². The smallest absolute Gasteiger partial charge is 0.545 e. The third kappa shape index (κ3) is 40.1. The summed E-state index contributed by atoms with van der Waals surface area (Å²) in [6, 6.07) is 52.9. The monoisotopic (exact) mass is 2060 g/mol. The number of hydrogen-bond donors (Lipinski definition) is 9. The van der Waals surface area contributed by atoms with Crippen LogP contribution in [0.3, 0.4) is 0 Å². The second-order valence-corrected chi connectivity index (χ2v) is 31.0. The molecule has 33 nitrogen and oxygen atoms in total. The second-order valence-electron chi connectivity index (χ2n) is 31.0. The van der Waals surface area contributed by atoms with E-state index in [4.69, 9.17) is 33.5 Å². The fourth-order valence-electron chi connectivity index (χ4n) is 14.0. The zero-order chi connectivity index (χ0) is 104. The summed E-state index contributed by atoms with van der Waals surface area (Å²) < 4.78 is 30.9. The number of carboxylic acid groups (broad SMARTS) is 6. The molecule has 0 saturated heterocycles. The van der Waals surface area contributed by atoms with Crippen LogP contribution in [0.2, 0.25) is 0 Å². The molecule has 0 aromatic heterocycles. The number of hydrogen-bond acceptors (Lipinski definition) is 33. The van der Waals surface area contributed by atoms with Gasteiger partial charge in [0.05, 0.1) is 122 Å². The molecule has 0 bridgehead atoms. The number of carbonyl (C=O) groups is 12. The van der Waals surface area contributed by atoms with Gasteiger partial charge in [0.15, 0.2) is 23.1 Å². The van der Waals surface area contributed by atoms with Crippen molar-refractivity contribution in [3.05, 3.63) is 337 Å². The van der Waals surface area contributed by atoms with Gasteiger partial charge in [-0.2, -0.15) is 0 Å². The van der Waals surface area contributed by atoms with Crippen molar-refractivity contribution in [1.29, 1.82) is 0 Å². The van der Waals surface area contributed by atoms with Crippen molar-refractivity contribution < 1.29 is 340 Å². The molecule has 147 heavy (non-hydrogen) atoms. The Kier molecular flexibility index (Phi) is 62.6. The number of aromatic hydroxyl groups is 9. The van der Waals surface area contributed by atoms with Crippen molar-refractivity contribution in [3.8, 4) is 86.2 Å². The number of phenolic OH excluding ortho intramolecular Hbond substituents is 9. The largest absolute Gasteiger partial charge is 1.00 e. The molecule has 12 aromatic carbocycles. The summed E-state index contributed by atoms with van der Waals surface area (Å²) in [6.07, 6.45) is 19.4. The molecular weight excluding hydrogens is 1960 g/mol. The summed E-state index contributed by atoms with van der Waals surface area (Å²) >= 11 is 0.